The molecule has 2 N–H and O–H groups in total. The molecule has 0 unspecified atom stereocenters. The average Bonchev–Trinajstić information content (AvgIpc) is 1.69. The van der Waals surface area contributed by atoms with Crippen LogP contribution < -0.4 is 0 Å². The van der Waals surface area contributed by atoms with E-state index in [1.165, 1.54) is 12.8 Å². The zero-order chi connectivity index (χ0) is 5.54. The molecular weight excluding hydrogens is 116 g/mol. The van der Waals surface area contributed by atoms with Crippen molar-refractivity contribution in [3.8, 4) is 0 Å². The van der Waals surface area contributed by atoms with Gasteiger partial charge in [0.1, 0.15) is 0 Å². The van der Waals surface area contributed by atoms with E-state index in [0.29, 0.717) is 9.52 Å². The minimum atomic E-state index is 0. The molecular formula is C6H18OSi. The van der Waals surface area contributed by atoms with Gasteiger partial charge in [-0.05, 0) is 0 Å². The summed E-state index contributed by atoms with van der Waals surface area (Å²) >= 11 is 0. The molecule has 0 saturated carbocycles. The lowest BCUT2D eigenvalue weighted by atomic mass is 10.6. The number of hydrogen-bond acceptors (Lipinski definition) is 0. The molecule has 0 atom stereocenters. The second-order valence-corrected chi connectivity index (χ2v) is 4.18. The largest absolute Gasteiger partial charge is 0.412 e. The minimum Gasteiger partial charge on any atom is -0.412 e. The van der Waals surface area contributed by atoms with E-state index in [9.17, 15) is 0 Å². The molecule has 8 heavy (non-hydrogen) atoms. The third kappa shape index (κ3) is 9.49. The molecule has 0 rings (SSSR count). The number of rotatable bonds is 4. The standard InChI is InChI=1S/C6H16Si.H2O/c1-3-5-7-6-4-2;/h3-7H2,1-2H3;1H2. The zero-order valence-corrected chi connectivity index (χ0v) is 7.45. The summed E-state index contributed by atoms with van der Waals surface area (Å²) in [5.74, 6) is 0. The van der Waals surface area contributed by atoms with Crippen LogP contribution in [-0.2, 0) is 0 Å². The van der Waals surface area contributed by atoms with E-state index in [4.69, 9.17) is 0 Å². The number of hydrogen-bond donors (Lipinski definition) is 0. The average molecular weight is 134 g/mol. The Morgan fingerprint density at radius 2 is 1.38 bits per heavy atom. The molecule has 0 aromatic carbocycles. The van der Waals surface area contributed by atoms with E-state index >= 15 is 0 Å². The van der Waals surface area contributed by atoms with Gasteiger partial charge in [0.2, 0.25) is 0 Å². The van der Waals surface area contributed by atoms with Crippen molar-refractivity contribution in [1.29, 1.82) is 0 Å². The highest BCUT2D eigenvalue weighted by molar-refractivity contribution is 6.35. The van der Waals surface area contributed by atoms with E-state index in [-0.39, 0.29) is 5.48 Å². The van der Waals surface area contributed by atoms with Crippen LogP contribution in [0.2, 0.25) is 12.1 Å². The zero-order valence-electron chi connectivity index (χ0n) is 6.04. The van der Waals surface area contributed by atoms with Gasteiger partial charge in [-0.2, -0.15) is 0 Å². The van der Waals surface area contributed by atoms with Gasteiger partial charge in [0.25, 0.3) is 0 Å². The molecule has 0 aliphatic heterocycles. The molecule has 0 spiro atoms. The normalized spacial score (nSPS) is 8.25. The van der Waals surface area contributed by atoms with Gasteiger partial charge in [-0.1, -0.05) is 38.8 Å². The van der Waals surface area contributed by atoms with E-state index in [2.05, 4.69) is 13.8 Å². The van der Waals surface area contributed by atoms with Crippen molar-refractivity contribution in [3.63, 3.8) is 0 Å². The molecule has 0 aromatic rings. The van der Waals surface area contributed by atoms with Crippen molar-refractivity contribution < 1.29 is 5.48 Å². The highest BCUT2D eigenvalue weighted by Gasteiger charge is 1.81. The third-order valence-electron chi connectivity index (χ3n) is 1.21. The first kappa shape index (κ1) is 11.0. The Bertz CT molecular complexity index is 27.7. The summed E-state index contributed by atoms with van der Waals surface area (Å²) in [6.45, 7) is 4.56. The summed E-state index contributed by atoms with van der Waals surface area (Å²) < 4.78 is 0. The summed E-state index contributed by atoms with van der Waals surface area (Å²) in [4.78, 5) is 0. The minimum absolute atomic E-state index is 0. The van der Waals surface area contributed by atoms with Gasteiger partial charge in [0.15, 0.2) is 0 Å². The Morgan fingerprint density at radius 1 is 1.00 bits per heavy atom. The fraction of sp³-hybridized carbons (Fsp3) is 1.00. The predicted octanol–water partition coefficient (Wildman–Crippen LogP) is 0.987. The van der Waals surface area contributed by atoms with Crippen molar-refractivity contribution >= 4 is 9.52 Å². The first-order valence-corrected chi connectivity index (χ1v) is 5.41. The third-order valence-corrected chi connectivity index (χ3v) is 3.62. The molecule has 0 saturated heterocycles. The molecule has 0 heterocycles. The van der Waals surface area contributed by atoms with Crippen LogP contribution in [0.1, 0.15) is 26.7 Å². The topological polar surface area (TPSA) is 31.5 Å². The highest BCUT2D eigenvalue weighted by atomic mass is 28.2. The van der Waals surface area contributed by atoms with Crippen LogP contribution in [-0.4, -0.2) is 15.0 Å². The van der Waals surface area contributed by atoms with Crippen LogP contribution in [0.5, 0.6) is 0 Å². The monoisotopic (exact) mass is 134 g/mol. The summed E-state index contributed by atoms with van der Waals surface area (Å²) in [6.07, 6.45) is 2.85. The lowest BCUT2D eigenvalue weighted by Gasteiger charge is -1.89. The molecule has 0 aliphatic carbocycles. The van der Waals surface area contributed by atoms with Gasteiger partial charge in [-0.15, -0.1) is 0 Å². The summed E-state index contributed by atoms with van der Waals surface area (Å²) in [5, 5.41) is 0. The Morgan fingerprint density at radius 3 is 1.62 bits per heavy atom. The van der Waals surface area contributed by atoms with Gasteiger partial charge in [0.05, 0.1) is 0 Å². The van der Waals surface area contributed by atoms with Crippen molar-refractivity contribution in [3.05, 3.63) is 0 Å². The quantitative estimate of drug-likeness (QED) is 0.405. The molecule has 52 valence electrons. The molecule has 0 aromatic heterocycles. The van der Waals surface area contributed by atoms with Gasteiger partial charge in [0, 0.05) is 9.52 Å². The van der Waals surface area contributed by atoms with Crippen LogP contribution in [0, 0.1) is 0 Å². The summed E-state index contributed by atoms with van der Waals surface area (Å²) in [5.41, 5.74) is 0. The van der Waals surface area contributed by atoms with Crippen LogP contribution in [0.4, 0.5) is 0 Å². The fourth-order valence-electron chi connectivity index (χ4n) is 0.677. The first-order valence-electron chi connectivity index (χ1n) is 3.41. The van der Waals surface area contributed by atoms with Crippen molar-refractivity contribution in [1.82, 2.24) is 0 Å². The van der Waals surface area contributed by atoms with Gasteiger partial charge in [-0.3, -0.25) is 0 Å². The lowest BCUT2D eigenvalue weighted by Crippen LogP contribution is -1.84. The van der Waals surface area contributed by atoms with Crippen LogP contribution >= 0.6 is 0 Å². The molecule has 2 heteroatoms. The first-order chi connectivity index (χ1) is 3.41. The van der Waals surface area contributed by atoms with E-state index in [0.717, 1.165) is 0 Å². The Labute approximate surface area is 54.6 Å². The van der Waals surface area contributed by atoms with Crippen molar-refractivity contribution in [2.45, 2.75) is 38.8 Å². The van der Waals surface area contributed by atoms with E-state index < -0.39 is 0 Å². The maximum absolute atomic E-state index is 2.28. The van der Waals surface area contributed by atoms with Crippen molar-refractivity contribution in [2.75, 3.05) is 0 Å². The fourth-order valence-corrected chi connectivity index (χ4v) is 2.03. The van der Waals surface area contributed by atoms with Gasteiger partial charge >= 0.3 is 0 Å². The SMILES string of the molecule is CCC[SiH2]CCC.O. The van der Waals surface area contributed by atoms with Crippen LogP contribution in [0.3, 0.4) is 0 Å². The lowest BCUT2D eigenvalue weighted by molar-refractivity contribution is 0.824. The maximum atomic E-state index is 2.28. The predicted molar refractivity (Wildman–Crippen MR) is 42.4 cm³/mol. The second kappa shape index (κ2) is 10.2. The summed E-state index contributed by atoms with van der Waals surface area (Å²) in [6, 6.07) is 3.13. The molecule has 0 fully saturated rings. The van der Waals surface area contributed by atoms with E-state index in [1.807, 2.05) is 0 Å². The molecule has 0 amide bonds. The maximum Gasteiger partial charge on any atom is 0.0197 e. The highest BCUT2D eigenvalue weighted by Crippen LogP contribution is 1.92. The molecule has 1 nitrogen and oxygen atoms in total. The van der Waals surface area contributed by atoms with E-state index in [1.54, 1.807) is 12.1 Å². The Balaban J connectivity index is 0. The smallest absolute Gasteiger partial charge is 0.0197 e. The van der Waals surface area contributed by atoms with Crippen LogP contribution in [0.25, 0.3) is 0 Å². The summed E-state index contributed by atoms with van der Waals surface area (Å²) in [7, 11) is 0.411. The second-order valence-electron chi connectivity index (χ2n) is 2.06. The molecule has 0 radical (unpaired) electrons. The molecule has 0 aliphatic rings. The van der Waals surface area contributed by atoms with Gasteiger partial charge in [-0.25, -0.2) is 0 Å². The Hall–Kier alpha value is 0.177. The van der Waals surface area contributed by atoms with Crippen molar-refractivity contribution in [2.24, 2.45) is 0 Å². The molecule has 0 bridgehead atoms. The van der Waals surface area contributed by atoms with Crippen LogP contribution in [0.15, 0.2) is 0 Å². The van der Waals surface area contributed by atoms with Gasteiger partial charge < -0.3 is 5.48 Å². The Kier molecular flexibility index (Phi) is 14.1.